The lowest BCUT2D eigenvalue weighted by atomic mass is 9.90. The Morgan fingerprint density at radius 1 is 1.12 bits per heavy atom. The lowest BCUT2D eigenvalue weighted by Crippen LogP contribution is -2.20. The molecule has 0 amide bonds. The van der Waals surface area contributed by atoms with E-state index in [0.29, 0.717) is 33.9 Å². The second kappa shape index (κ2) is 4.85. The number of carbonyl (C=O) groups excluding carboxylic acids is 2. The number of carbonyl (C=O) groups is 2. The number of rotatable bonds is 3. The Morgan fingerprint density at radius 2 is 1.71 bits per heavy atom. The minimum atomic E-state index is -0.0591. The van der Waals surface area contributed by atoms with Crippen LogP contribution in [0.2, 0.25) is 0 Å². The van der Waals surface area contributed by atoms with Gasteiger partial charge in [0.1, 0.15) is 0 Å². The van der Waals surface area contributed by atoms with E-state index in [-0.39, 0.29) is 11.6 Å². The topological polar surface area (TPSA) is 60.2 Å². The lowest BCUT2D eigenvalue weighted by Gasteiger charge is -2.18. The summed E-state index contributed by atoms with van der Waals surface area (Å²) in [6, 6.07) is 6.94. The maximum absolute atomic E-state index is 12.2. The van der Waals surface area contributed by atoms with E-state index in [9.17, 15) is 9.59 Å². The summed E-state index contributed by atoms with van der Waals surface area (Å²) < 4.78 is 0. The van der Waals surface area contributed by atoms with Gasteiger partial charge in [0.25, 0.3) is 0 Å². The van der Waals surface area contributed by atoms with Crippen LogP contribution in [-0.4, -0.2) is 23.9 Å². The van der Waals surface area contributed by atoms with Gasteiger partial charge in [0.15, 0.2) is 11.6 Å². The summed E-state index contributed by atoms with van der Waals surface area (Å²) in [7, 11) is 0. The molecule has 0 radical (unpaired) electrons. The van der Waals surface area contributed by atoms with Crippen molar-refractivity contribution in [2.75, 3.05) is 12.3 Å². The lowest BCUT2D eigenvalue weighted by molar-refractivity contribution is 0.0981. The molecule has 0 saturated heterocycles. The van der Waals surface area contributed by atoms with Crippen molar-refractivity contribution in [3.05, 3.63) is 45.9 Å². The molecular weight excluding hydrogens is 234 g/mol. The van der Waals surface area contributed by atoms with Crippen LogP contribution in [0.5, 0.6) is 0 Å². The van der Waals surface area contributed by atoms with Gasteiger partial charge in [-0.05, 0) is 6.92 Å². The summed E-state index contributed by atoms with van der Waals surface area (Å²) >= 11 is 1.37. The van der Waals surface area contributed by atoms with Crippen LogP contribution in [0.15, 0.2) is 34.7 Å². The summed E-state index contributed by atoms with van der Waals surface area (Å²) in [6.45, 7) is 2.19. The summed E-state index contributed by atoms with van der Waals surface area (Å²) in [5.41, 5.74) is 6.97. The number of nitrogens with two attached hydrogens (primary N) is 1. The first-order valence-electron chi connectivity index (χ1n) is 5.39. The molecule has 0 aromatic heterocycles. The van der Waals surface area contributed by atoms with Crippen molar-refractivity contribution in [1.82, 2.24) is 0 Å². The standard InChI is InChI=1S/C13H13NO2S/c1-8-11(15)9-4-2-3-5-10(9)12(16)13(8)17-7-6-14/h2-5H,6-7,14H2,1H3. The van der Waals surface area contributed by atoms with Gasteiger partial charge in [-0.2, -0.15) is 0 Å². The average Bonchev–Trinajstić information content (AvgIpc) is 2.36. The predicted molar refractivity (Wildman–Crippen MR) is 69.3 cm³/mol. The quantitative estimate of drug-likeness (QED) is 0.887. The maximum atomic E-state index is 12.2. The third kappa shape index (κ3) is 2.06. The third-order valence-electron chi connectivity index (χ3n) is 2.67. The van der Waals surface area contributed by atoms with Crippen molar-refractivity contribution in [3.63, 3.8) is 0 Å². The number of fused-ring (bicyclic) bond motifs is 1. The van der Waals surface area contributed by atoms with E-state index in [1.54, 1.807) is 31.2 Å². The molecule has 17 heavy (non-hydrogen) atoms. The molecule has 0 spiro atoms. The van der Waals surface area contributed by atoms with Crippen molar-refractivity contribution in [2.24, 2.45) is 5.73 Å². The first kappa shape index (κ1) is 12.1. The summed E-state index contributed by atoms with van der Waals surface area (Å²) in [4.78, 5) is 24.8. The van der Waals surface area contributed by atoms with Gasteiger partial charge in [-0.1, -0.05) is 24.3 Å². The largest absolute Gasteiger partial charge is 0.330 e. The molecule has 4 heteroatoms. The highest BCUT2D eigenvalue weighted by Gasteiger charge is 2.29. The number of allylic oxidation sites excluding steroid dienone is 2. The van der Waals surface area contributed by atoms with Crippen molar-refractivity contribution < 1.29 is 9.59 Å². The second-order valence-electron chi connectivity index (χ2n) is 3.80. The molecule has 0 saturated carbocycles. The Morgan fingerprint density at radius 3 is 2.29 bits per heavy atom. The Kier molecular flexibility index (Phi) is 3.45. The van der Waals surface area contributed by atoms with Crippen LogP contribution in [-0.2, 0) is 0 Å². The summed E-state index contributed by atoms with van der Waals surface area (Å²) in [5, 5.41) is 0. The maximum Gasteiger partial charge on any atom is 0.200 e. The van der Waals surface area contributed by atoms with Gasteiger partial charge in [-0.3, -0.25) is 9.59 Å². The number of hydrogen-bond acceptors (Lipinski definition) is 4. The van der Waals surface area contributed by atoms with Crippen molar-refractivity contribution >= 4 is 23.3 Å². The molecule has 1 aliphatic carbocycles. The average molecular weight is 247 g/mol. The molecule has 1 aliphatic rings. The third-order valence-corrected chi connectivity index (χ3v) is 3.89. The van der Waals surface area contributed by atoms with Crippen molar-refractivity contribution in [1.29, 1.82) is 0 Å². The zero-order valence-corrected chi connectivity index (χ0v) is 10.3. The van der Waals surface area contributed by atoms with Crippen LogP contribution in [0.3, 0.4) is 0 Å². The van der Waals surface area contributed by atoms with Crippen LogP contribution in [0.25, 0.3) is 0 Å². The highest BCUT2D eigenvalue weighted by atomic mass is 32.2. The molecule has 1 aromatic carbocycles. The summed E-state index contributed by atoms with van der Waals surface area (Å²) in [5.74, 6) is 0.532. The number of benzene rings is 1. The van der Waals surface area contributed by atoms with E-state index < -0.39 is 0 Å². The van der Waals surface area contributed by atoms with E-state index >= 15 is 0 Å². The minimum absolute atomic E-state index is 0.0558. The molecule has 0 heterocycles. The monoisotopic (exact) mass is 247 g/mol. The zero-order valence-electron chi connectivity index (χ0n) is 9.53. The van der Waals surface area contributed by atoms with Gasteiger partial charge < -0.3 is 5.73 Å². The van der Waals surface area contributed by atoms with Gasteiger partial charge in [-0.25, -0.2) is 0 Å². The first-order chi connectivity index (χ1) is 8.16. The van der Waals surface area contributed by atoms with E-state index in [1.165, 1.54) is 11.8 Å². The van der Waals surface area contributed by atoms with E-state index in [2.05, 4.69) is 0 Å². The molecule has 0 aliphatic heterocycles. The fraction of sp³-hybridized carbons (Fsp3) is 0.231. The minimum Gasteiger partial charge on any atom is -0.330 e. The fourth-order valence-corrected chi connectivity index (χ4v) is 2.68. The SMILES string of the molecule is CC1=C(SCCN)C(=O)c2ccccc2C1=O. The Bertz CT molecular complexity index is 520. The summed E-state index contributed by atoms with van der Waals surface area (Å²) in [6.07, 6.45) is 0. The van der Waals surface area contributed by atoms with E-state index in [4.69, 9.17) is 5.73 Å². The molecular formula is C13H13NO2S. The van der Waals surface area contributed by atoms with Crippen LogP contribution < -0.4 is 5.73 Å². The molecule has 1 aromatic rings. The number of thioether (sulfide) groups is 1. The highest BCUT2D eigenvalue weighted by Crippen LogP contribution is 2.32. The molecule has 2 rings (SSSR count). The molecule has 0 fully saturated rings. The molecule has 3 nitrogen and oxygen atoms in total. The molecule has 0 bridgehead atoms. The smallest absolute Gasteiger partial charge is 0.200 e. The molecule has 2 N–H and O–H groups in total. The van der Waals surface area contributed by atoms with Crippen LogP contribution in [0.4, 0.5) is 0 Å². The van der Waals surface area contributed by atoms with Gasteiger partial charge in [0.2, 0.25) is 0 Å². The second-order valence-corrected chi connectivity index (χ2v) is 4.90. The Hall–Kier alpha value is -1.39. The Labute approximate surface area is 104 Å². The molecule has 0 unspecified atom stereocenters. The van der Waals surface area contributed by atoms with Crippen molar-refractivity contribution in [3.8, 4) is 0 Å². The van der Waals surface area contributed by atoms with E-state index in [0.717, 1.165) is 0 Å². The number of Topliss-reactive ketones (excluding diaryl/α,β-unsaturated/α-hetero) is 2. The number of ketones is 2. The van der Waals surface area contributed by atoms with Crippen LogP contribution >= 0.6 is 11.8 Å². The van der Waals surface area contributed by atoms with Crippen molar-refractivity contribution in [2.45, 2.75) is 6.92 Å². The zero-order chi connectivity index (χ0) is 12.4. The van der Waals surface area contributed by atoms with Gasteiger partial charge in [-0.15, -0.1) is 11.8 Å². The number of hydrogen-bond donors (Lipinski definition) is 1. The predicted octanol–water partition coefficient (Wildman–Crippen LogP) is 2.03. The Balaban J connectivity index is 2.47. The van der Waals surface area contributed by atoms with Gasteiger partial charge in [0.05, 0.1) is 4.91 Å². The molecule has 88 valence electrons. The highest BCUT2D eigenvalue weighted by molar-refractivity contribution is 8.04. The van der Waals surface area contributed by atoms with Crippen LogP contribution in [0, 0.1) is 0 Å². The van der Waals surface area contributed by atoms with E-state index in [1.807, 2.05) is 0 Å². The first-order valence-corrected chi connectivity index (χ1v) is 6.37. The fourth-order valence-electron chi connectivity index (χ4n) is 1.81. The van der Waals surface area contributed by atoms with Gasteiger partial charge in [0, 0.05) is 29.0 Å². The normalized spacial score (nSPS) is 15.2. The van der Waals surface area contributed by atoms with Gasteiger partial charge >= 0.3 is 0 Å². The van der Waals surface area contributed by atoms with Crippen LogP contribution in [0.1, 0.15) is 27.6 Å². The molecule has 0 atom stereocenters.